The van der Waals surface area contributed by atoms with E-state index in [0.29, 0.717) is 11.3 Å². The largest absolute Gasteiger partial charge is 0.466 e. The number of pyridine rings is 1. The summed E-state index contributed by atoms with van der Waals surface area (Å²) in [6.45, 7) is 1.98. The van der Waals surface area contributed by atoms with Crippen LogP contribution in [0.15, 0.2) is 30.3 Å². The molecular weight excluding hydrogens is 242 g/mol. The number of benzene rings is 1. The summed E-state index contributed by atoms with van der Waals surface area (Å²) in [4.78, 5) is 26.5. The fraction of sp³-hybridized carbons (Fsp3) is 0.133. The summed E-state index contributed by atoms with van der Waals surface area (Å²) in [5, 5.41) is 0.900. The topological polar surface area (TPSA) is 56.3 Å². The molecule has 2 aromatic rings. The molecule has 0 atom stereocenters. The maximum atomic E-state index is 11.1. The number of aromatic nitrogens is 1. The van der Waals surface area contributed by atoms with Gasteiger partial charge >= 0.3 is 5.97 Å². The number of carbonyl (C=O) groups is 2. The van der Waals surface area contributed by atoms with Crippen LogP contribution in [-0.2, 0) is 9.53 Å². The number of esters is 1. The third kappa shape index (κ3) is 2.85. The molecule has 0 aliphatic carbocycles. The molecule has 1 heterocycles. The van der Waals surface area contributed by atoms with Crippen molar-refractivity contribution >= 4 is 29.2 Å². The van der Waals surface area contributed by atoms with Gasteiger partial charge < -0.3 is 4.74 Å². The van der Waals surface area contributed by atoms with Crippen LogP contribution in [0.4, 0.5) is 0 Å². The van der Waals surface area contributed by atoms with Crippen LogP contribution in [0.1, 0.15) is 21.6 Å². The average molecular weight is 255 g/mol. The van der Waals surface area contributed by atoms with Crippen LogP contribution in [0.3, 0.4) is 0 Å². The van der Waals surface area contributed by atoms with E-state index >= 15 is 0 Å². The zero-order chi connectivity index (χ0) is 13.8. The van der Waals surface area contributed by atoms with E-state index in [9.17, 15) is 9.59 Å². The Balaban J connectivity index is 2.54. The Morgan fingerprint density at radius 2 is 2.11 bits per heavy atom. The molecule has 4 nitrogen and oxygen atoms in total. The Morgan fingerprint density at radius 1 is 1.32 bits per heavy atom. The minimum absolute atomic E-state index is 0.443. The van der Waals surface area contributed by atoms with Gasteiger partial charge in [-0.05, 0) is 31.2 Å². The van der Waals surface area contributed by atoms with Gasteiger partial charge in [-0.2, -0.15) is 0 Å². The van der Waals surface area contributed by atoms with Gasteiger partial charge in [-0.3, -0.25) is 4.79 Å². The molecule has 96 valence electrons. The van der Waals surface area contributed by atoms with E-state index in [-0.39, 0.29) is 0 Å². The van der Waals surface area contributed by atoms with Gasteiger partial charge in [0.25, 0.3) is 0 Å². The van der Waals surface area contributed by atoms with Gasteiger partial charge in [-0.1, -0.05) is 11.6 Å². The Labute approximate surface area is 110 Å². The second-order valence-corrected chi connectivity index (χ2v) is 4.13. The SMILES string of the molecule is COC(=O)/C=C/c1nc2ccc(C)cc2cc1C=O. The second kappa shape index (κ2) is 5.44. The van der Waals surface area contributed by atoms with Crippen molar-refractivity contribution in [3.63, 3.8) is 0 Å². The zero-order valence-electron chi connectivity index (χ0n) is 10.7. The molecule has 0 amide bonds. The van der Waals surface area contributed by atoms with Gasteiger partial charge in [0.1, 0.15) is 0 Å². The number of hydrogen-bond donors (Lipinski definition) is 0. The lowest BCUT2D eigenvalue weighted by atomic mass is 10.1. The van der Waals surface area contributed by atoms with Crippen LogP contribution >= 0.6 is 0 Å². The second-order valence-electron chi connectivity index (χ2n) is 4.13. The quantitative estimate of drug-likeness (QED) is 0.480. The van der Waals surface area contributed by atoms with Crippen molar-refractivity contribution in [1.82, 2.24) is 4.98 Å². The Hall–Kier alpha value is -2.49. The number of carbonyl (C=O) groups excluding carboxylic acids is 2. The highest BCUT2D eigenvalue weighted by molar-refractivity contribution is 5.93. The maximum Gasteiger partial charge on any atom is 0.330 e. The summed E-state index contributed by atoms with van der Waals surface area (Å²) in [6, 6.07) is 7.56. The summed E-state index contributed by atoms with van der Waals surface area (Å²) < 4.78 is 4.51. The fourth-order valence-electron chi connectivity index (χ4n) is 1.77. The molecular formula is C15H13NO3. The third-order valence-corrected chi connectivity index (χ3v) is 2.74. The summed E-state index contributed by atoms with van der Waals surface area (Å²) in [5.74, 6) is -0.484. The van der Waals surface area contributed by atoms with Crippen LogP contribution in [0.25, 0.3) is 17.0 Å². The van der Waals surface area contributed by atoms with Crippen molar-refractivity contribution in [3.05, 3.63) is 47.2 Å². The zero-order valence-corrected chi connectivity index (χ0v) is 10.7. The van der Waals surface area contributed by atoms with Crippen LogP contribution < -0.4 is 0 Å². The number of methoxy groups -OCH3 is 1. The molecule has 0 unspecified atom stereocenters. The van der Waals surface area contributed by atoms with E-state index in [4.69, 9.17) is 0 Å². The van der Waals surface area contributed by atoms with Crippen molar-refractivity contribution in [2.24, 2.45) is 0 Å². The van der Waals surface area contributed by atoms with Crippen LogP contribution in [0, 0.1) is 6.92 Å². The number of aldehydes is 1. The molecule has 4 heteroatoms. The Morgan fingerprint density at radius 3 is 2.79 bits per heavy atom. The smallest absolute Gasteiger partial charge is 0.330 e. The van der Waals surface area contributed by atoms with Crippen molar-refractivity contribution in [2.45, 2.75) is 6.92 Å². The molecule has 0 saturated heterocycles. The maximum absolute atomic E-state index is 11.1. The average Bonchev–Trinajstić information content (AvgIpc) is 2.43. The van der Waals surface area contributed by atoms with Gasteiger partial charge in [0, 0.05) is 17.0 Å². The lowest BCUT2D eigenvalue weighted by Crippen LogP contribution is -1.96. The van der Waals surface area contributed by atoms with E-state index in [0.717, 1.165) is 22.8 Å². The van der Waals surface area contributed by atoms with E-state index in [1.54, 1.807) is 6.07 Å². The molecule has 2 rings (SSSR count). The molecule has 0 aliphatic rings. The summed E-state index contributed by atoms with van der Waals surface area (Å²) in [5.41, 5.74) is 2.78. The molecule has 0 spiro atoms. The fourth-order valence-corrected chi connectivity index (χ4v) is 1.77. The van der Waals surface area contributed by atoms with Crippen LogP contribution in [0.2, 0.25) is 0 Å². The van der Waals surface area contributed by atoms with E-state index in [2.05, 4.69) is 9.72 Å². The molecule has 0 N–H and O–H groups in total. The lowest BCUT2D eigenvalue weighted by molar-refractivity contribution is -0.134. The molecule has 1 aromatic heterocycles. The monoisotopic (exact) mass is 255 g/mol. The van der Waals surface area contributed by atoms with E-state index < -0.39 is 5.97 Å². The van der Waals surface area contributed by atoms with E-state index in [1.807, 2.05) is 25.1 Å². The number of ether oxygens (including phenoxy) is 1. The summed E-state index contributed by atoms with van der Waals surface area (Å²) in [6.07, 6.45) is 3.45. The number of nitrogens with zero attached hydrogens (tertiary/aromatic N) is 1. The molecule has 0 saturated carbocycles. The molecule has 1 aromatic carbocycles. The van der Waals surface area contributed by atoms with Gasteiger partial charge in [0.2, 0.25) is 0 Å². The Bertz CT molecular complexity index is 674. The summed E-state index contributed by atoms with van der Waals surface area (Å²) in [7, 11) is 1.30. The predicted octanol–water partition coefficient (Wildman–Crippen LogP) is 2.54. The van der Waals surface area contributed by atoms with E-state index in [1.165, 1.54) is 19.3 Å². The van der Waals surface area contributed by atoms with Gasteiger partial charge in [0.05, 0.1) is 18.3 Å². The lowest BCUT2D eigenvalue weighted by Gasteiger charge is -2.03. The molecule has 0 aliphatic heterocycles. The summed E-state index contributed by atoms with van der Waals surface area (Å²) >= 11 is 0. The number of hydrogen-bond acceptors (Lipinski definition) is 4. The van der Waals surface area contributed by atoms with Gasteiger partial charge in [-0.25, -0.2) is 9.78 Å². The predicted molar refractivity (Wildman–Crippen MR) is 72.9 cm³/mol. The normalized spacial score (nSPS) is 10.8. The first-order valence-corrected chi connectivity index (χ1v) is 5.76. The highest BCUT2D eigenvalue weighted by Crippen LogP contribution is 2.18. The molecule has 0 bridgehead atoms. The molecule has 19 heavy (non-hydrogen) atoms. The standard InChI is InChI=1S/C15H13NO3/c1-10-3-4-13-11(7-10)8-12(9-17)14(16-13)5-6-15(18)19-2/h3-9H,1-2H3/b6-5+. The first-order valence-electron chi connectivity index (χ1n) is 5.76. The van der Waals surface area contributed by atoms with Gasteiger partial charge in [0.15, 0.2) is 6.29 Å². The van der Waals surface area contributed by atoms with Crippen molar-refractivity contribution in [2.75, 3.05) is 7.11 Å². The molecule has 0 radical (unpaired) electrons. The number of rotatable bonds is 3. The highest BCUT2D eigenvalue weighted by atomic mass is 16.5. The Kier molecular flexibility index (Phi) is 3.71. The van der Waals surface area contributed by atoms with Crippen molar-refractivity contribution in [3.8, 4) is 0 Å². The third-order valence-electron chi connectivity index (χ3n) is 2.74. The first kappa shape index (κ1) is 13.0. The van der Waals surface area contributed by atoms with Crippen molar-refractivity contribution < 1.29 is 14.3 Å². The minimum Gasteiger partial charge on any atom is -0.466 e. The van der Waals surface area contributed by atoms with Crippen LogP contribution in [0.5, 0.6) is 0 Å². The van der Waals surface area contributed by atoms with Crippen LogP contribution in [-0.4, -0.2) is 24.3 Å². The first-order chi connectivity index (χ1) is 9.13. The van der Waals surface area contributed by atoms with Crippen molar-refractivity contribution in [1.29, 1.82) is 0 Å². The number of aryl methyl sites for hydroxylation is 1. The number of fused-ring (bicyclic) bond motifs is 1. The minimum atomic E-state index is -0.484. The highest BCUT2D eigenvalue weighted by Gasteiger charge is 2.05. The van der Waals surface area contributed by atoms with Gasteiger partial charge in [-0.15, -0.1) is 0 Å². The molecule has 0 fully saturated rings.